The van der Waals surface area contributed by atoms with Gasteiger partial charge in [0.1, 0.15) is 12.1 Å². The molecule has 0 spiro atoms. The monoisotopic (exact) mass is 738 g/mol. The van der Waals surface area contributed by atoms with Gasteiger partial charge in [0.05, 0.1) is 15.6 Å². The average Bonchev–Trinajstić information content (AvgIpc) is 2.95. The van der Waals surface area contributed by atoms with Gasteiger partial charge in [-0.05, 0) is 5.41 Å². The summed E-state index contributed by atoms with van der Waals surface area (Å²) in [7, 11) is 0.892. The second-order valence-corrected chi connectivity index (χ2v) is 17.8. The highest BCUT2D eigenvalue weighted by Crippen LogP contribution is 2.21. The van der Waals surface area contributed by atoms with E-state index >= 15 is 0 Å². The van der Waals surface area contributed by atoms with E-state index in [1.165, 1.54) is 16.9 Å². The van der Waals surface area contributed by atoms with E-state index in [0.29, 0.717) is 28.8 Å². The van der Waals surface area contributed by atoms with Crippen molar-refractivity contribution < 1.29 is 36.6 Å². The standard InChI is InChI=1S/C9H14OS3.C6H11NO3S.C6H10OS2.C5H11NO3S/c1-3-6-11-12-7-5-9-13(10)8-4-2;1-2-3-11(10)4-5(7)6(8)9;1-3-5-8-9(7)6-4-2;1-2-10(9)3-4(6)5(7)8/h3-5,7H,1-2,6,8-9H2;2,5H,1,3-4,7H2,(H,8,9);3-4H,1-2,5-6H2;4H,2-3,6H2,1H3,(H,7,8)/b7-5+;;;. The van der Waals surface area contributed by atoms with Crippen LogP contribution in [0.1, 0.15) is 6.92 Å². The molecule has 6 atom stereocenters. The minimum Gasteiger partial charge on any atom is -0.480 e. The first-order chi connectivity index (χ1) is 20.3. The van der Waals surface area contributed by atoms with Crippen molar-refractivity contribution in [1.29, 1.82) is 0 Å². The number of hydrogen-bond acceptors (Lipinski definition) is 11. The second kappa shape index (κ2) is 37.1. The molecule has 0 saturated carbocycles. The molecular weight excluding hydrogens is 693 g/mol. The van der Waals surface area contributed by atoms with E-state index in [1.807, 2.05) is 17.6 Å². The molecule has 0 aromatic heterocycles. The third-order valence-corrected chi connectivity index (χ3v) is 12.1. The first-order valence-electron chi connectivity index (χ1n) is 12.3. The van der Waals surface area contributed by atoms with E-state index in [4.69, 9.17) is 21.7 Å². The van der Waals surface area contributed by atoms with E-state index in [9.17, 15) is 26.4 Å². The van der Waals surface area contributed by atoms with Gasteiger partial charge in [0.25, 0.3) is 0 Å². The van der Waals surface area contributed by atoms with Crippen molar-refractivity contribution in [3.05, 3.63) is 74.8 Å². The summed E-state index contributed by atoms with van der Waals surface area (Å²) in [5, 5.41) is 18.5. The van der Waals surface area contributed by atoms with Crippen molar-refractivity contribution in [3.63, 3.8) is 0 Å². The van der Waals surface area contributed by atoms with Crippen LogP contribution in [0.5, 0.6) is 0 Å². The van der Waals surface area contributed by atoms with Gasteiger partial charge < -0.3 is 21.7 Å². The van der Waals surface area contributed by atoms with Crippen molar-refractivity contribution in [3.8, 4) is 0 Å². The van der Waals surface area contributed by atoms with Crippen LogP contribution in [0, 0.1) is 0 Å². The molecule has 17 heteroatoms. The number of rotatable bonds is 22. The summed E-state index contributed by atoms with van der Waals surface area (Å²) < 4.78 is 43.4. The van der Waals surface area contributed by atoms with Crippen LogP contribution in [0.25, 0.3) is 0 Å². The van der Waals surface area contributed by atoms with Gasteiger partial charge in [-0.2, -0.15) is 0 Å². The van der Waals surface area contributed by atoms with Gasteiger partial charge in [-0.3, -0.25) is 22.2 Å². The Hall–Kier alpha value is -1.05. The lowest BCUT2D eigenvalue weighted by atomic mass is 10.4. The van der Waals surface area contributed by atoms with Gasteiger partial charge in [0.15, 0.2) is 0 Å². The zero-order valence-electron chi connectivity index (χ0n) is 24.5. The molecule has 0 heterocycles. The van der Waals surface area contributed by atoms with Crippen molar-refractivity contribution in [2.75, 3.05) is 51.8 Å². The minimum atomic E-state index is -1.19. The van der Waals surface area contributed by atoms with Crippen molar-refractivity contribution >= 4 is 86.6 Å². The van der Waals surface area contributed by atoms with Crippen LogP contribution in [0.2, 0.25) is 0 Å². The molecule has 0 aliphatic rings. The van der Waals surface area contributed by atoms with Crippen LogP contribution >= 0.6 is 32.4 Å². The van der Waals surface area contributed by atoms with Gasteiger partial charge in [-0.1, -0.05) is 75.8 Å². The highest BCUT2D eigenvalue weighted by molar-refractivity contribution is 8.77. The topological polar surface area (TPSA) is 195 Å². The fraction of sp³-hybridized carbons (Fsp3) is 0.462. The lowest BCUT2D eigenvalue weighted by Gasteiger charge is -2.03. The van der Waals surface area contributed by atoms with Gasteiger partial charge in [-0.25, -0.2) is 4.21 Å². The number of carboxylic acids is 2. The van der Waals surface area contributed by atoms with Gasteiger partial charge in [0.2, 0.25) is 0 Å². The van der Waals surface area contributed by atoms with Crippen molar-refractivity contribution in [1.82, 2.24) is 0 Å². The molecule has 0 aromatic rings. The van der Waals surface area contributed by atoms with E-state index in [2.05, 4.69) is 32.9 Å². The smallest absolute Gasteiger partial charge is 0.321 e. The summed E-state index contributed by atoms with van der Waals surface area (Å²) in [4.78, 5) is 20.2. The number of carbonyl (C=O) groups is 2. The van der Waals surface area contributed by atoms with Crippen LogP contribution in [0.3, 0.4) is 0 Å². The summed E-state index contributed by atoms with van der Waals surface area (Å²) in [5.74, 6) is 2.02. The molecule has 43 heavy (non-hydrogen) atoms. The molecule has 0 radical (unpaired) electrons. The molecule has 6 unspecified atom stereocenters. The first kappa shape index (κ1) is 48.8. The van der Waals surface area contributed by atoms with Crippen molar-refractivity contribution in [2.24, 2.45) is 11.5 Å². The van der Waals surface area contributed by atoms with E-state index < -0.39 is 66.3 Å². The predicted octanol–water partition coefficient (Wildman–Crippen LogP) is 3.26. The third kappa shape index (κ3) is 43.1. The molecule has 0 aliphatic heterocycles. The summed E-state index contributed by atoms with van der Waals surface area (Å²) >= 11 is 0. The summed E-state index contributed by atoms with van der Waals surface area (Å²) in [5.41, 5.74) is 10.2. The molecule has 0 aliphatic carbocycles. The average molecular weight is 739 g/mol. The van der Waals surface area contributed by atoms with E-state index in [1.54, 1.807) is 46.7 Å². The zero-order chi connectivity index (χ0) is 34.1. The Labute approximate surface area is 278 Å². The Kier molecular flexibility index (Phi) is 42.2. The zero-order valence-corrected chi connectivity index (χ0v) is 30.2. The SMILES string of the molecule is C=CCS(=O)CC(N)C(=O)O.C=CCSS(=O)CC=C.C=CCSS/C=C/CS(=O)CC=C.CCS(=O)CC(N)C(=O)O. The van der Waals surface area contributed by atoms with Crippen molar-refractivity contribution in [2.45, 2.75) is 19.0 Å². The van der Waals surface area contributed by atoms with E-state index in [-0.39, 0.29) is 11.5 Å². The maximum absolute atomic E-state index is 11.1. The molecule has 0 amide bonds. The first-order valence-corrected chi connectivity index (χ1v) is 21.9. The van der Waals surface area contributed by atoms with Crippen LogP contribution in [0.4, 0.5) is 0 Å². The molecule has 0 bridgehead atoms. The fourth-order valence-electron chi connectivity index (χ4n) is 1.64. The molecule has 250 valence electrons. The maximum Gasteiger partial charge on any atom is 0.321 e. The van der Waals surface area contributed by atoms with Crippen LogP contribution in [-0.2, 0) is 51.8 Å². The van der Waals surface area contributed by atoms with Crippen LogP contribution in [-0.4, -0.2) is 103 Å². The Morgan fingerprint density at radius 1 is 0.721 bits per heavy atom. The molecule has 0 fully saturated rings. The van der Waals surface area contributed by atoms with Gasteiger partial charge in [-0.15, -0.1) is 32.9 Å². The molecule has 0 aromatic carbocycles. The number of nitrogens with two attached hydrogens (primary N) is 2. The Balaban J connectivity index is -0.000000238. The van der Waals surface area contributed by atoms with Crippen LogP contribution < -0.4 is 11.5 Å². The Bertz CT molecular complexity index is 946. The van der Waals surface area contributed by atoms with Crippen LogP contribution in [0.15, 0.2) is 74.8 Å². The number of aliphatic carboxylic acids is 2. The number of hydrogen-bond donors (Lipinski definition) is 4. The molecule has 6 N–H and O–H groups in total. The maximum atomic E-state index is 11.1. The quantitative estimate of drug-likeness (QED) is 0.0719. The lowest BCUT2D eigenvalue weighted by Crippen LogP contribution is -2.35. The fourth-order valence-corrected chi connectivity index (χ4v) is 7.48. The van der Waals surface area contributed by atoms with E-state index in [0.717, 1.165) is 11.5 Å². The Morgan fingerprint density at radius 2 is 1.19 bits per heavy atom. The normalized spacial score (nSPS) is 14.2. The summed E-state index contributed by atoms with van der Waals surface area (Å²) in [6, 6.07) is -2.02. The third-order valence-electron chi connectivity index (χ3n) is 3.55. The highest BCUT2D eigenvalue weighted by Gasteiger charge is 2.14. The molecule has 0 rings (SSSR count). The highest BCUT2D eigenvalue weighted by atomic mass is 33.1. The molecule has 0 saturated heterocycles. The number of carboxylic acid groups (broad SMARTS) is 2. The van der Waals surface area contributed by atoms with Gasteiger partial charge >= 0.3 is 11.9 Å². The Morgan fingerprint density at radius 3 is 1.60 bits per heavy atom. The molecular formula is C26H46N2O8S7. The van der Waals surface area contributed by atoms with Gasteiger partial charge in [0, 0.05) is 78.4 Å². The molecule has 10 nitrogen and oxygen atoms in total. The summed E-state index contributed by atoms with van der Waals surface area (Å²) in [6.45, 7) is 19.2. The largest absolute Gasteiger partial charge is 0.480 e. The second-order valence-electron chi connectivity index (χ2n) is 7.28. The predicted molar refractivity (Wildman–Crippen MR) is 196 cm³/mol. The lowest BCUT2D eigenvalue weighted by molar-refractivity contribution is -0.138. The summed E-state index contributed by atoms with van der Waals surface area (Å²) in [6.07, 6.45) is 10.4. The minimum absolute atomic E-state index is 0.0125.